The minimum atomic E-state index is -1.00. The summed E-state index contributed by atoms with van der Waals surface area (Å²) in [6.07, 6.45) is 3.05. The lowest BCUT2D eigenvalue weighted by Gasteiger charge is -2.15. The highest BCUT2D eigenvalue weighted by Crippen LogP contribution is 2.06. The van der Waals surface area contributed by atoms with E-state index in [2.05, 4.69) is 10.6 Å². The Labute approximate surface area is 129 Å². The number of thioether (sulfide) groups is 1. The third-order valence-corrected chi connectivity index (χ3v) is 3.80. The Kier molecular flexibility index (Phi) is 7.68. The molecule has 1 aromatic rings. The van der Waals surface area contributed by atoms with Gasteiger partial charge in [-0.2, -0.15) is 11.8 Å². The molecule has 1 aromatic carbocycles. The SMILES string of the molecule is CSCC[C@@H](NC(=O)NCCc1ccccc1C)C(=O)O. The maximum Gasteiger partial charge on any atom is 0.326 e. The van der Waals surface area contributed by atoms with E-state index in [9.17, 15) is 9.59 Å². The molecule has 6 heteroatoms. The molecule has 0 saturated carbocycles. The van der Waals surface area contributed by atoms with Crippen molar-refractivity contribution in [1.82, 2.24) is 10.6 Å². The van der Waals surface area contributed by atoms with Gasteiger partial charge in [0.15, 0.2) is 0 Å². The second-order valence-corrected chi connectivity index (χ2v) is 5.73. The van der Waals surface area contributed by atoms with Crippen LogP contribution in [0.25, 0.3) is 0 Å². The Morgan fingerprint density at radius 1 is 1.33 bits per heavy atom. The van der Waals surface area contributed by atoms with Gasteiger partial charge in [0.05, 0.1) is 0 Å². The molecule has 0 heterocycles. The Morgan fingerprint density at radius 3 is 2.67 bits per heavy atom. The fourth-order valence-electron chi connectivity index (χ4n) is 1.90. The van der Waals surface area contributed by atoms with Crippen LogP contribution < -0.4 is 10.6 Å². The molecule has 0 spiro atoms. The van der Waals surface area contributed by atoms with Crippen LogP contribution in [0.15, 0.2) is 24.3 Å². The van der Waals surface area contributed by atoms with Gasteiger partial charge in [0.1, 0.15) is 6.04 Å². The second-order valence-electron chi connectivity index (χ2n) is 4.75. The van der Waals surface area contributed by atoms with Crippen LogP contribution in [0.2, 0.25) is 0 Å². The Bertz CT molecular complexity index is 480. The van der Waals surface area contributed by atoms with Gasteiger partial charge >= 0.3 is 12.0 Å². The summed E-state index contributed by atoms with van der Waals surface area (Å²) >= 11 is 1.56. The fraction of sp³-hybridized carbons (Fsp3) is 0.467. The van der Waals surface area contributed by atoms with Crippen LogP contribution in [0.3, 0.4) is 0 Å². The molecule has 0 bridgehead atoms. The number of benzene rings is 1. The molecule has 0 radical (unpaired) electrons. The van der Waals surface area contributed by atoms with Crippen LogP contribution in [0.4, 0.5) is 4.79 Å². The minimum absolute atomic E-state index is 0.418. The number of hydrogen-bond acceptors (Lipinski definition) is 3. The minimum Gasteiger partial charge on any atom is -0.480 e. The molecule has 0 aliphatic rings. The standard InChI is InChI=1S/C15H22N2O3S/c1-11-5-3-4-6-12(11)7-9-16-15(20)17-13(14(18)19)8-10-21-2/h3-6,13H,7-10H2,1-2H3,(H,18,19)(H2,16,17,20)/t13-/m1/s1. The molecule has 5 nitrogen and oxygen atoms in total. The molecule has 2 amide bonds. The van der Waals surface area contributed by atoms with Gasteiger partial charge in [-0.05, 0) is 42.9 Å². The van der Waals surface area contributed by atoms with Crippen molar-refractivity contribution in [3.63, 3.8) is 0 Å². The fourth-order valence-corrected chi connectivity index (χ4v) is 2.38. The van der Waals surface area contributed by atoms with Crippen LogP contribution in [0.1, 0.15) is 17.5 Å². The maximum atomic E-state index is 11.7. The molecular formula is C15H22N2O3S. The summed E-state index contributed by atoms with van der Waals surface area (Å²) in [6, 6.07) is 6.71. The van der Waals surface area contributed by atoms with E-state index in [4.69, 9.17) is 5.11 Å². The molecule has 21 heavy (non-hydrogen) atoms. The molecule has 0 unspecified atom stereocenters. The lowest BCUT2D eigenvalue weighted by Crippen LogP contribution is -2.46. The number of amides is 2. The summed E-state index contributed by atoms with van der Waals surface area (Å²) in [5.41, 5.74) is 2.36. The van der Waals surface area contributed by atoms with Crippen LogP contribution in [-0.2, 0) is 11.2 Å². The highest BCUT2D eigenvalue weighted by Gasteiger charge is 2.18. The summed E-state index contributed by atoms with van der Waals surface area (Å²) in [7, 11) is 0. The number of carbonyl (C=O) groups is 2. The number of rotatable bonds is 8. The molecule has 0 fully saturated rings. The van der Waals surface area contributed by atoms with Gasteiger partial charge in [0.25, 0.3) is 0 Å². The highest BCUT2D eigenvalue weighted by molar-refractivity contribution is 7.98. The molecule has 0 aliphatic carbocycles. The van der Waals surface area contributed by atoms with E-state index >= 15 is 0 Å². The van der Waals surface area contributed by atoms with E-state index in [0.717, 1.165) is 6.42 Å². The molecule has 0 aliphatic heterocycles. The average Bonchev–Trinajstić information content (AvgIpc) is 2.45. The van der Waals surface area contributed by atoms with Gasteiger partial charge < -0.3 is 15.7 Å². The zero-order valence-corrected chi connectivity index (χ0v) is 13.2. The van der Waals surface area contributed by atoms with E-state index < -0.39 is 18.0 Å². The van der Waals surface area contributed by atoms with Gasteiger partial charge in [0.2, 0.25) is 0 Å². The van der Waals surface area contributed by atoms with E-state index in [1.807, 2.05) is 37.4 Å². The molecule has 1 rings (SSSR count). The molecule has 116 valence electrons. The molecule has 0 aromatic heterocycles. The molecular weight excluding hydrogens is 288 g/mol. The van der Waals surface area contributed by atoms with Gasteiger partial charge in [-0.1, -0.05) is 24.3 Å². The second kappa shape index (κ2) is 9.28. The number of urea groups is 1. The van der Waals surface area contributed by atoms with Crippen LogP contribution in [0, 0.1) is 6.92 Å². The van der Waals surface area contributed by atoms with Gasteiger partial charge in [-0.25, -0.2) is 9.59 Å². The van der Waals surface area contributed by atoms with Crippen molar-refractivity contribution in [3.05, 3.63) is 35.4 Å². The number of aryl methyl sites for hydroxylation is 1. The number of nitrogens with one attached hydrogen (secondary N) is 2. The van der Waals surface area contributed by atoms with Gasteiger partial charge in [-0.15, -0.1) is 0 Å². The first-order chi connectivity index (χ1) is 10.0. The van der Waals surface area contributed by atoms with Crippen molar-refractivity contribution in [1.29, 1.82) is 0 Å². The number of carboxylic acids is 1. The zero-order chi connectivity index (χ0) is 15.7. The monoisotopic (exact) mass is 310 g/mol. The third-order valence-electron chi connectivity index (χ3n) is 3.16. The predicted octanol–water partition coefficient (Wildman–Crippen LogP) is 2.04. The lowest BCUT2D eigenvalue weighted by molar-refractivity contribution is -0.139. The topological polar surface area (TPSA) is 78.4 Å². The number of hydrogen-bond donors (Lipinski definition) is 3. The first kappa shape index (κ1) is 17.4. The Balaban J connectivity index is 2.36. The average molecular weight is 310 g/mol. The van der Waals surface area contributed by atoms with E-state index in [0.29, 0.717) is 18.7 Å². The van der Waals surface area contributed by atoms with E-state index in [1.165, 1.54) is 11.1 Å². The number of carbonyl (C=O) groups excluding carboxylic acids is 1. The van der Waals surface area contributed by atoms with E-state index in [1.54, 1.807) is 11.8 Å². The smallest absolute Gasteiger partial charge is 0.326 e. The van der Waals surface area contributed by atoms with E-state index in [-0.39, 0.29) is 0 Å². The van der Waals surface area contributed by atoms with Crippen LogP contribution >= 0.6 is 11.8 Å². The zero-order valence-electron chi connectivity index (χ0n) is 12.4. The number of carboxylic acid groups (broad SMARTS) is 1. The quantitative estimate of drug-likeness (QED) is 0.686. The summed E-state index contributed by atoms with van der Waals surface area (Å²) in [5, 5.41) is 14.2. The first-order valence-corrected chi connectivity index (χ1v) is 8.24. The summed E-state index contributed by atoms with van der Waals surface area (Å²) in [4.78, 5) is 22.7. The predicted molar refractivity (Wildman–Crippen MR) is 85.8 cm³/mol. The Morgan fingerprint density at radius 2 is 2.05 bits per heavy atom. The van der Waals surface area contributed by atoms with Gasteiger partial charge in [0, 0.05) is 6.54 Å². The van der Waals surface area contributed by atoms with Crippen molar-refractivity contribution in [2.24, 2.45) is 0 Å². The summed E-state index contributed by atoms with van der Waals surface area (Å²) < 4.78 is 0. The summed E-state index contributed by atoms with van der Waals surface area (Å²) in [6.45, 7) is 2.50. The normalized spacial score (nSPS) is 11.7. The van der Waals surface area contributed by atoms with Crippen molar-refractivity contribution >= 4 is 23.8 Å². The summed E-state index contributed by atoms with van der Waals surface area (Å²) in [5.74, 6) is -0.307. The van der Waals surface area contributed by atoms with Crippen molar-refractivity contribution < 1.29 is 14.7 Å². The third kappa shape index (κ3) is 6.53. The molecule has 3 N–H and O–H groups in total. The van der Waals surface area contributed by atoms with Crippen molar-refractivity contribution in [3.8, 4) is 0 Å². The van der Waals surface area contributed by atoms with Crippen LogP contribution in [-0.4, -0.2) is 41.7 Å². The highest BCUT2D eigenvalue weighted by atomic mass is 32.2. The maximum absolute atomic E-state index is 11.7. The van der Waals surface area contributed by atoms with Gasteiger partial charge in [-0.3, -0.25) is 0 Å². The molecule has 1 atom stereocenters. The largest absolute Gasteiger partial charge is 0.480 e. The molecule has 0 saturated heterocycles. The Hall–Kier alpha value is -1.69. The van der Waals surface area contributed by atoms with Crippen molar-refractivity contribution in [2.75, 3.05) is 18.6 Å². The van der Waals surface area contributed by atoms with Crippen molar-refractivity contribution in [2.45, 2.75) is 25.8 Å². The first-order valence-electron chi connectivity index (χ1n) is 6.85. The lowest BCUT2D eigenvalue weighted by atomic mass is 10.1. The van der Waals surface area contributed by atoms with Crippen LogP contribution in [0.5, 0.6) is 0 Å². The number of aliphatic carboxylic acids is 1.